The lowest BCUT2D eigenvalue weighted by atomic mass is 9.82. The summed E-state index contributed by atoms with van der Waals surface area (Å²) in [5, 5.41) is 4.00. The molecular formula is C31H24FNO. The third-order valence-corrected chi connectivity index (χ3v) is 6.52. The van der Waals surface area contributed by atoms with Crippen LogP contribution in [0.5, 0.6) is 0 Å². The van der Waals surface area contributed by atoms with Crippen molar-refractivity contribution in [2.45, 2.75) is 26.2 Å². The van der Waals surface area contributed by atoms with E-state index in [1.807, 2.05) is 54.6 Å². The average Bonchev–Trinajstić information content (AvgIpc) is 3.23. The minimum absolute atomic E-state index is 0.0475. The molecule has 0 N–H and O–H groups in total. The molecule has 2 heterocycles. The van der Waals surface area contributed by atoms with E-state index in [9.17, 15) is 0 Å². The molecule has 0 saturated carbocycles. The molecule has 0 aliphatic carbocycles. The summed E-state index contributed by atoms with van der Waals surface area (Å²) in [7, 11) is 0. The predicted octanol–water partition coefficient (Wildman–Crippen LogP) is 8.90. The van der Waals surface area contributed by atoms with Crippen LogP contribution in [0.25, 0.3) is 55.1 Å². The highest BCUT2D eigenvalue weighted by Crippen LogP contribution is 2.40. The van der Waals surface area contributed by atoms with Crippen LogP contribution in [0.4, 0.5) is 4.39 Å². The van der Waals surface area contributed by atoms with Crippen LogP contribution < -0.4 is 0 Å². The summed E-state index contributed by atoms with van der Waals surface area (Å²) in [6.45, 7) is 6.65. The minimum Gasteiger partial charge on any atom is -0.451 e. The van der Waals surface area contributed by atoms with E-state index in [2.05, 4.69) is 51.1 Å². The molecule has 0 aliphatic rings. The summed E-state index contributed by atoms with van der Waals surface area (Å²) >= 11 is 0. The highest BCUT2D eigenvalue weighted by molar-refractivity contribution is 6.10. The van der Waals surface area contributed by atoms with Crippen LogP contribution in [0.2, 0.25) is 0 Å². The highest BCUT2D eigenvalue weighted by atomic mass is 19.1. The Hall–Kier alpha value is -3.98. The van der Waals surface area contributed by atoms with Gasteiger partial charge in [-0.3, -0.25) is 4.98 Å². The molecule has 3 heteroatoms. The maximum atomic E-state index is 15.6. The summed E-state index contributed by atoms with van der Waals surface area (Å²) < 4.78 is 21.9. The standard InChI is InChI=1S/C31H24FNO/c1-31(2,3)26-18-21(17-20-11-7-8-12-22(20)26)28-30-25(15-16-33-28)24-14-13-23(27(32)29(24)34-30)19-9-5-4-6-10-19/h4-18H,1-3H3. The van der Waals surface area contributed by atoms with Crippen LogP contribution in [0.15, 0.2) is 95.5 Å². The zero-order chi connectivity index (χ0) is 23.4. The fourth-order valence-corrected chi connectivity index (χ4v) is 4.85. The average molecular weight is 446 g/mol. The fraction of sp³-hybridized carbons (Fsp3) is 0.129. The van der Waals surface area contributed by atoms with Crippen LogP contribution in [-0.4, -0.2) is 4.98 Å². The van der Waals surface area contributed by atoms with E-state index < -0.39 is 0 Å². The molecule has 166 valence electrons. The number of hydrogen-bond donors (Lipinski definition) is 0. The molecule has 0 atom stereocenters. The lowest BCUT2D eigenvalue weighted by Gasteiger charge is -2.22. The molecule has 6 aromatic rings. The van der Waals surface area contributed by atoms with E-state index in [0.717, 1.165) is 33.0 Å². The molecule has 0 aliphatic heterocycles. The number of hydrogen-bond acceptors (Lipinski definition) is 2. The first-order valence-corrected chi connectivity index (χ1v) is 11.5. The molecule has 0 fully saturated rings. The number of benzene rings is 4. The third-order valence-electron chi connectivity index (χ3n) is 6.52. The molecule has 2 aromatic heterocycles. The van der Waals surface area contributed by atoms with Gasteiger partial charge in [-0.2, -0.15) is 0 Å². The second-order valence-corrected chi connectivity index (χ2v) is 9.80. The number of nitrogens with zero attached hydrogens (tertiary/aromatic N) is 1. The van der Waals surface area contributed by atoms with E-state index >= 15 is 4.39 Å². The van der Waals surface area contributed by atoms with E-state index in [4.69, 9.17) is 9.40 Å². The van der Waals surface area contributed by atoms with Gasteiger partial charge in [0.05, 0.1) is 0 Å². The van der Waals surface area contributed by atoms with Gasteiger partial charge >= 0.3 is 0 Å². The smallest absolute Gasteiger partial charge is 0.174 e. The fourth-order valence-electron chi connectivity index (χ4n) is 4.85. The zero-order valence-corrected chi connectivity index (χ0v) is 19.4. The van der Waals surface area contributed by atoms with Gasteiger partial charge in [0.15, 0.2) is 17.0 Å². The van der Waals surface area contributed by atoms with Crippen molar-refractivity contribution in [2.24, 2.45) is 0 Å². The first-order valence-electron chi connectivity index (χ1n) is 11.5. The molecule has 0 amide bonds. The van der Waals surface area contributed by atoms with Crippen molar-refractivity contribution in [1.82, 2.24) is 4.98 Å². The monoisotopic (exact) mass is 445 g/mol. The number of pyridine rings is 1. The maximum absolute atomic E-state index is 15.6. The Morgan fingerprint density at radius 3 is 2.24 bits per heavy atom. The predicted molar refractivity (Wildman–Crippen MR) is 139 cm³/mol. The number of halogens is 1. The Labute approximate surface area is 197 Å². The molecule has 6 rings (SSSR count). The molecule has 0 spiro atoms. The number of furan rings is 1. The van der Waals surface area contributed by atoms with E-state index in [1.54, 1.807) is 6.20 Å². The van der Waals surface area contributed by atoms with Gasteiger partial charge in [0, 0.05) is 28.1 Å². The van der Waals surface area contributed by atoms with Gasteiger partial charge < -0.3 is 4.42 Å². The van der Waals surface area contributed by atoms with E-state index in [0.29, 0.717) is 11.1 Å². The normalized spacial score (nSPS) is 12.1. The SMILES string of the molecule is CC(C)(C)c1cc(-c2nccc3c2oc2c(F)c(-c4ccccc4)ccc23)cc2ccccc12. The van der Waals surface area contributed by atoms with Crippen molar-refractivity contribution in [3.05, 3.63) is 103 Å². The second kappa shape index (κ2) is 7.53. The minimum atomic E-state index is -0.347. The topological polar surface area (TPSA) is 26.0 Å². The lowest BCUT2D eigenvalue weighted by Crippen LogP contribution is -2.12. The van der Waals surface area contributed by atoms with Crippen LogP contribution in [0.1, 0.15) is 26.3 Å². The molecule has 0 bridgehead atoms. The van der Waals surface area contributed by atoms with Crippen molar-refractivity contribution in [3.63, 3.8) is 0 Å². The van der Waals surface area contributed by atoms with Gasteiger partial charge in [-0.05, 0) is 51.6 Å². The Bertz CT molecular complexity index is 1690. The number of aromatic nitrogens is 1. The maximum Gasteiger partial charge on any atom is 0.174 e. The summed E-state index contributed by atoms with van der Waals surface area (Å²) in [5.74, 6) is -0.347. The molecule has 0 unspecified atom stereocenters. The quantitative estimate of drug-likeness (QED) is 0.266. The van der Waals surface area contributed by atoms with Crippen LogP contribution in [-0.2, 0) is 5.41 Å². The summed E-state index contributed by atoms with van der Waals surface area (Å²) in [5.41, 5.74) is 5.12. The van der Waals surface area contributed by atoms with Crippen molar-refractivity contribution in [1.29, 1.82) is 0 Å². The van der Waals surface area contributed by atoms with Gasteiger partial charge in [0.1, 0.15) is 5.69 Å². The van der Waals surface area contributed by atoms with Gasteiger partial charge in [0.2, 0.25) is 0 Å². The Kier molecular flexibility index (Phi) is 4.56. The van der Waals surface area contributed by atoms with Gasteiger partial charge in [-0.15, -0.1) is 0 Å². The van der Waals surface area contributed by atoms with Gasteiger partial charge in [0.25, 0.3) is 0 Å². The summed E-state index contributed by atoms with van der Waals surface area (Å²) in [6, 6.07) is 28.0. The summed E-state index contributed by atoms with van der Waals surface area (Å²) in [6.07, 6.45) is 1.78. The van der Waals surface area contributed by atoms with Gasteiger partial charge in [-0.1, -0.05) is 81.4 Å². The number of rotatable bonds is 2. The van der Waals surface area contributed by atoms with Gasteiger partial charge in [-0.25, -0.2) is 4.39 Å². The molecule has 4 aromatic carbocycles. The van der Waals surface area contributed by atoms with E-state index in [-0.39, 0.29) is 16.8 Å². The Balaban J connectivity index is 1.63. The first kappa shape index (κ1) is 20.6. The Morgan fingerprint density at radius 2 is 1.44 bits per heavy atom. The first-order chi connectivity index (χ1) is 16.4. The lowest BCUT2D eigenvalue weighted by molar-refractivity contribution is 0.586. The molecule has 2 nitrogen and oxygen atoms in total. The largest absolute Gasteiger partial charge is 0.451 e. The van der Waals surface area contributed by atoms with Crippen LogP contribution in [0.3, 0.4) is 0 Å². The van der Waals surface area contributed by atoms with Crippen molar-refractivity contribution in [3.8, 4) is 22.4 Å². The summed E-state index contributed by atoms with van der Waals surface area (Å²) in [4.78, 5) is 4.70. The molecule has 0 radical (unpaired) electrons. The zero-order valence-electron chi connectivity index (χ0n) is 19.4. The third kappa shape index (κ3) is 3.19. The van der Waals surface area contributed by atoms with Crippen LogP contribution in [0, 0.1) is 5.82 Å². The molecular weight excluding hydrogens is 421 g/mol. The molecule has 34 heavy (non-hydrogen) atoms. The highest BCUT2D eigenvalue weighted by Gasteiger charge is 2.22. The molecule has 0 saturated heterocycles. The van der Waals surface area contributed by atoms with Crippen molar-refractivity contribution in [2.75, 3.05) is 0 Å². The van der Waals surface area contributed by atoms with Crippen LogP contribution >= 0.6 is 0 Å². The van der Waals surface area contributed by atoms with Crippen molar-refractivity contribution >= 4 is 32.7 Å². The Morgan fingerprint density at radius 1 is 0.706 bits per heavy atom. The second-order valence-electron chi connectivity index (χ2n) is 9.80. The van der Waals surface area contributed by atoms with E-state index in [1.165, 1.54) is 10.9 Å². The van der Waals surface area contributed by atoms with Crippen molar-refractivity contribution < 1.29 is 8.81 Å². The number of fused-ring (bicyclic) bond motifs is 4.